The van der Waals surface area contributed by atoms with Gasteiger partial charge in [0, 0.05) is 29.9 Å². The highest BCUT2D eigenvalue weighted by Gasteiger charge is 2.28. The van der Waals surface area contributed by atoms with Gasteiger partial charge < -0.3 is 15.3 Å². The Labute approximate surface area is 155 Å². The Morgan fingerprint density at radius 1 is 1.07 bits per heavy atom. The predicted molar refractivity (Wildman–Crippen MR) is 97.1 cm³/mol. The van der Waals surface area contributed by atoms with Gasteiger partial charge >= 0.3 is 5.97 Å². The third kappa shape index (κ3) is 4.49. The number of carboxylic acids is 1. The van der Waals surface area contributed by atoms with E-state index in [1.807, 2.05) is 0 Å². The number of likely N-dealkylation sites (tertiary alicyclic amines) is 1. The molecular formula is C20H19FN2O4. The molecule has 0 saturated carbocycles. The molecule has 140 valence electrons. The van der Waals surface area contributed by atoms with Gasteiger partial charge in [-0.15, -0.1) is 0 Å². The Bertz CT molecular complexity index is 867. The molecule has 0 unspecified atom stereocenters. The number of halogens is 1. The van der Waals surface area contributed by atoms with Gasteiger partial charge in [0.05, 0.1) is 5.92 Å². The zero-order chi connectivity index (χ0) is 19.4. The van der Waals surface area contributed by atoms with E-state index in [-0.39, 0.29) is 12.5 Å². The van der Waals surface area contributed by atoms with E-state index in [0.717, 1.165) is 0 Å². The fourth-order valence-corrected chi connectivity index (χ4v) is 3.08. The molecule has 0 radical (unpaired) electrons. The molecule has 1 saturated heterocycles. The average molecular weight is 370 g/mol. The number of benzene rings is 2. The van der Waals surface area contributed by atoms with Gasteiger partial charge in [-0.3, -0.25) is 14.4 Å². The van der Waals surface area contributed by atoms with Crippen LogP contribution in [-0.4, -0.2) is 40.9 Å². The van der Waals surface area contributed by atoms with Crippen molar-refractivity contribution in [1.29, 1.82) is 0 Å². The van der Waals surface area contributed by atoms with Crippen LogP contribution in [-0.2, 0) is 4.79 Å². The van der Waals surface area contributed by atoms with Gasteiger partial charge in [-0.2, -0.15) is 0 Å². The lowest BCUT2D eigenvalue weighted by Crippen LogP contribution is -2.42. The Balaban J connectivity index is 1.71. The summed E-state index contributed by atoms with van der Waals surface area (Å²) in [5.74, 6) is -2.56. The lowest BCUT2D eigenvalue weighted by Gasteiger charge is -2.30. The third-order valence-corrected chi connectivity index (χ3v) is 4.53. The Kier molecular flexibility index (Phi) is 5.49. The highest BCUT2D eigenvalue weighted by atomic mass is 19.1. The van der Waals surface area contributed by atoms with Crippen LogP contribution in [0.5, 0.6) is 0 Å². The van der Waals surface area contributed by atoms with Gasteiger partial charge in [0.2, 0.25) is 0 Å². The molecule has 1 heterocycles. The Morgan fingerprint density at radius 2 is 1.81 bits per heavy atom. The SMILES string of the molecule is O=C(Nc1cccc(C(=O)N2CCC[C@H](C(=O)O)C2)c1)c1ccc(F)cc1. The van der Waals surface area contributed by atoms with Crippen LogP contribution >= 0.6 is 0 Å². The first-order valence-electron chi connectivity index (χ1n) is 8.63. The van der Waals surface area contributed by atoms with E-state index in [0.29, 0.717) is 36.2 Å². The second-order valence-corrected chi connectivity index (χ2v) is 6.47. The maximum Gasteiger partial charge on any atom is 0.308 e. The van der Waals surface area contributed by atoms with Crippen molar-refractivity contribution in [3.8, 4) is 0 Å². The van der Waals surface area contributed by atoms with Crippen LogP contribution in [0.1, 0.15) is 33.6 Å². The normalized spacial score (nSPS) is 16.6. The van der Waals surface area contributed by atoms with Gasteiger partial charge in [0.25, 0.3) is 11.8 Å². The topological polar surface area (TPSA) is 86.7 Å². The zero-order valence-electron chi connectivity index (χ0n) is 14.5. The van der Waals surface area contributed by atoms with E-state index >= 15 is 0 Å². The van der Waals surface area contributed by atoms with Crippen molar-refractivity contribution in [2.24, 2.45) is 5.92 Å². The summed E-state index contributed by atoms with van der Waals surface area (Å²) >= 11 is 0. The quantitative estimate of drug-likeness (QED) is 0.866. The van der Waals surface area contributed by atoms with Crippen LogP contribution in [0.4, 0.5) is 10.1 Å². The van der Waals surface area contributed by atoms with E-state index in [9.17, 15) is 18.8 Å². The van der Waals surface area contributed by atoms with Gasteiger partial charge in [0.1, 0.15) is 5.82 Å². The van der Waals surface area contributed by atoms with E-state index < -0.39 is 23.6 Å². The van der Waals surface area contributed by atoms with Crippen molar-refractivity contribution in [2.75, 3.05) is 18.4 Å². The van der Waals surface area contributed by atoms with Crippen LogP contribution in [0, 0.1) is 11.7 Å². The molecule has 0 aromatic heterocycles. The van der Waals surface area contributed by atoms with Crippen molar-refractivity contribution >= 4 is 23.5 Å². The summed E-state index contributed by atoms with van der Waals surface area (Å²) in [4.78, 5) is 37.6. The number of nitrogens with one attached hydrogen (secondary N) is 1. The van der Waals surface area contributed by atoms with Crippen LogP contribution in [0.3, 0.4) is 0 Å². The van der Waals surface area contributed by atoms with Gasteiger partial charge in [-0.05, 0) is 55.3 Å². The maximum absolute atomic E-state index is 13.0. The van der Waals surface area contributed by atoms with Crippen LogP contribution in [0.15, 0.2) is 48.5 Å². The number of carbonyl (C=O) groups is 3. The second kappa shape index (κ2) is 7.99. The molecule has 2 amide bonds. The highest BCUT2D eigenvalue weighted by Crippen LogP contribution is 2.20. The molecule has 2 N–H and O–H groups in total. The van der Waals surface area contributed by atoms with Crippen molar-refractivity contribution in [2.45, 2.75) is 12.8 Å². The number of piperidine rings is 1. The summed E-state index contributed by atoms with van der Waals surface area (Å²) in [5, 5.41) is 11.8. The molecule has 3 rings (SSSR count). The average Bonchev–Trinajstić information content (AvgIpc) is 2.68. The Hall–Kier alpha value is -3.22. The first kappa shape index (κ1) is 18.6. The molecule has 7 heteroatoms. The molecule has 6 nitrogen and oxygen atoms in total. The molecule has 2 aromatic carbocycles. The summed E-state index contributed by atoms with van der Waals surface area (Å²) in [7, 11) is 0. The lowest BCUT2D eigenvalue weighted by atomic mass is 9.97. The largest absolute Gasteiger partial charge is 0.481 e. The summed E-state index contributed by atoms with van der Waals surface area (Å²) in [6.07, 6.45) is 1.20. The first-order valence-corrected chi connectivity index (χ1v) is 8.63. The number of aliphatic carboxylic acids is 1. The number of anilines is 1. The molecule has 1 atom stereocenters. The van der Waals surface area contributed by atoms with Crippen molar-refractivity contribution in [3.05, 3.63) is 65.5 Å². The van der Waals surface area contributed by atoms with E-state index in [2.05, 4.69) is 5.32 Å². The molecular weight excluding hydrogens is 351 g/mol. The molecule has 0 spiro atoms. The minimum Gasteiger partial charge on any atom is -0.481 e. The number of hydrogen-bond donors (Lipinski definition) is 2. The standard InChI is InChI=1S/C20H19FN2O4/c21-16-8-6-13(7-9-16)18(24)22-17-5-1-3-14(11-17)19(25)23-10-2-4-15(12-23)20(26)27/h1,3,5-9,11,15H,2,4,10,12H2,(H,22,24)(H,26,27)/t15-/m0/s1. The van der Waals surface area contributed by atoms with Crippen LogP contribution in [0.2, 0.25) is 0 Å². The molecule has 1 fully saturated rings. The minimum atomic E-state index is -0.896. The van der Waals surface area contributed by atoms with Gasteiger partial charge in [0.15, 0.2) is 0 Å². The van der Waals surface area contributed by atoms with Crippen molar-refractivity contribution in [1.82, 2.24) is 4.90 Å². The first-order chi connectivity index (χ1) is 12.9. The molecule has 0 bridgehead atoms. The summed E-state index contributed by atoms with van der Waals surface area (Å²) in [5.41, 5.74) is 1.10. The number of hydrogen-bond acceptors (Lipinski definition) is 3. The summed E-state index contributed by atoms with van der Waals surface area (Å²) < 4.78 is 13.0. The Morgan fingerprint density at radius 3 is 2.52 bits per heavy atom. The number of amides is 2. The van der Waals surface area contributed by atoms with Crippen LogP contribution in [0.25, 0.3) is 0 Å². The van der Waals surface area contributed by atoms with E-state index in [1.165, 1.54) is 29.2 Å². The van der Waals surface area contributed by atoms with E-state index in [4.69, 9.17) is 5.11 Å². The monoisotopic (exact) mass is 370 g/mol. The molecule has 2 aromatic rings. The fraction of sp³-hybridized carbons (Fsp3) is 0.250. The van der Waals surface area contributed by atoms with Crippen molar-refractivity contribution < 1.29 is 23.9 Å². The molecule has 27 heavy (non-hydrogen) atoms. The van der Waals surface area contributed by atoms with Crippen molar-refractivity contribution in [3.63, 3.8) is 0 Å². The number of carbonyl (C=O) groups excluding carboxylic acids is 2. The van der Waals surface area contributed by atoms with Crippen LogP contribution < -0.4 is 5.32 Å². The maximum atomic E-state index is 13.0. The second-order valence-electron chi connectivity index (χ2n) is 6.47. The third-order valence-electron chi connectivity index (χ3n) is 4.53. The summed E-state index contributed by atoms with van der Waals surface area (Å²) in [6, 6.07) is 11.6. The van der Waals surface area contributed by atoms with Gasteiger partial charge in [-0.1, -0.05) is 6.07 Å². The zero-order valence-corrected chi connectivity index (χ0v) is 14.5. The number of rotatable bonds is 4. The van der Waals surface area contributed by atoms with Gasteiger partial charge in [-0.25, -0.2) is 4.39 Å². The lowest BCUT2D eigenvalue weighted by molar-refractivity contribution is -0.143. The number of nitrogens with zero attached hydrogens (tertiary/aromatic N) is 1. The number of carboxylic acid groups (broad SMARTS) is 1. The molecule has 1 aliphatic rings. The predicted octanol–water partition coefficient (Wildman–Crippen LogP) is 3.01. The smallest absolute Gasteiger partial charge is 0.308 e. The highest BCUT2D eigenvalue weighted by molar-refractivity contribution is 6.05. The fourth-order valence-electron chi connectivity index (χ4n) is 3.08. The summed E-state index contributed by atoms with van der Waals surface area (Å²) in [6.45, 7) is 0.690. The minimum absolute atomic E-state index is 0.181. The molecule has 1 aliphatic heterocycles. The molecule has 0 aliphatic carbocycles. The van der Waals surface area contributed by atoms with E-state index in [1.54, 1.807) is 24.3 Å².